The van der Waals surface area contributed by atoms with Crippen LogP contribution in [0.5, 0.6) is 5.75 Å². The first-order valence-corrected chi connectivity index (χ1v) is 7.21. The molecule has 0 aliphatic heterocycles. The minimum absolute atomic E-state index is 0.0399. The fourth-order valence-electron chi connectivity index (χ4n) is 2.61. The average Bonchev–Trinajstić information content (AvgIpc) is 2.33. The Balaban J connectivity index is 1.85. The lowest BCUT2D eigenvalue weighted by atomic mass is 9.80. The Labute approximate surface area is 120 Å². The summed E-state index contributed by atoms with van der Waals surface area (Å²) in [6.07, 6.45) is 2.85. The minimum atomic E-state index is 0.0399. The van der Waals surface area contributed by atoms with Crippen LogP contribution in [-0.2, 0) is 9.53 Å². The van der Waals surface area contributed by atoms with Crippen LogP contribution in [0.1, 0.15) is 37.3 Å². The van der Waals surface area contributed by atoms with Crippen molar-refractivity contribution in [1.29, 1.82) is 0 Å². The van der Waals surface area contributed by atoms with Gasteiger partial charge in [0.15, 0.2) is 0 Å². The third-order valence-corrected chi connectivity index (χ3v) is 3.89. The van der Waals surface area contributed by atoms with Crippen molar-refractivity contribution < 1.29 is 14.6 Å². The smallest absolute Gasteiger partial charge is 0.224 e. The Morgan fingerprint density at radius 3 is 2.70 bits per heavy atom. The lowest BCUT2D eigenvalue weighted by Gasteiger charge is -2.34. The maximum Gasteiger partial charge on any atom is 0.224 e. The standard InChI is InChI=1S/C16H23NO3/c1-4-20-13-7-12(8-13)9-16(19)17-14-5-11(3)15(18)6-10(14)2/h5-6,12-13,18H,4,7-9H2,1-3H3,(H,17,19). The van der Waals surface area contributed by atoms with Crippen LogP contribution in [0.3, 0.4) is 0 Å². The van der Waals surface area contributed by atoms with Crippen LogP contribution >= 0.6 is 0 Å². The fourth-order valence-corrected chi connectivity index (χ4v) is 2.61. The second-order valence-corrected chi connectivity index (χ2v) is 5.62. The molecular weight excluding hydrogens is 254 g/mol. The molecule has 2 rings (SSSR count). The number of phenolic OH excluding ortho intramolecular Hbond substituents is 1. The summed E-state index contributed by atoms with van der Waals surface area (Å²) >= 11 is 0. The molecule has 0 unspecified atom stereocenters. The van der Waals surface area contributed by atoms with E-state index in [1.165, 1.54) is 0 Å². The van der Waals surface area contributed by atoms with E-state index in [1.54, 1.807) is 6.07 Å². The second-order valence-electron chi connectivity index (χ2n) is 5.62. The van der Waals surface area contributed by atoms with Gasteiger partial charge in [-0.3, -0.25) is 4.79 Å². The summed E-state index contributed by atoms with van der Waals surface area (Å²) in [5.41, 5.74) is 2.43. The molecule has 1 aliphatic carbocycles. The van der Waals surface area contributed by atoms with E-state index in [0.29, 0.717) is 18.4 Å². The number of carbonyl (C=O) groups excluding carboxylic acids is 1. The van der Waals surface area contributed by atoms with E-state index in [4.69, 9.17) is 4.74 Å². The van der Waals surface area contributed by atoms with Crippen molar-refractivity contribution in [3.63, 3.8) is 0 Å². The highest BCUT2D eigenvalue weighted by Gasteiger charge is 2.31. The minimum Gasteiger partial charge on any atom is -0.508 e. The third kappa shape index (κ3) is 3.51. The highest BCUT2D eigenvalue weighted by molar-refractivity contribution is 5.92. The number of carbonyl (C=O) groups is 1. The highest BCUT2D eigenvalue weighted by Crippen LogP contribution is 2.33. The lowest BCUT2D eigenvalue weighted by Crippen LogP contribution is -2.33. The van der Waals surface area contributed by atoms with Gasteiger partial charge in [-0.25, -0.2) is 0 Å². The molecule has 20 heavy (non-hydrogen) atoms. The SMILES string of the molecule is CCOC1CC(CC(=O)Nc2cc(C)c(O)cc2C)C1. The second kappa shape index (κ2) is 6.27. The molecule has 2 N–H and O–H groups in total. The molecule has 4 heteroatoms. The Kier molecular flexibility index (Phi) is 4.65. The van der Waals surface area contributed by atoms with Gasteiger partial charge in [0, 0.05) is 18.7 Å². The van der Waals surface area contributed by atoms with Gasteiger partial charge in [-0.15, -0.1) is 0 Å². The molecule has 4 nitrogen and oxygen atoms in total. The van der Waals surface area contributed by atoms with Crippen molar-refractivity contribution in [2.24, 2.45) is 5.92 Å². The fraction of sp³-hybridized carbons (Fsp3) is 0.562. The molecule has 1 aromatic carbocycles. The number of benzene rings is 1. The first kappa shape index (κ1) is 14.9. The number of phenols is 1. The summed E-state index contributed by atoms with van der Waals surface area (Å²) in [4.78, 5) is 12.0. The molecule has 0 heterocycles. The zero-order valence-electron chi connectivity index (χ0n) is 12.4. The van der Waals surface area contributed by atoms with Gasteiger partial charge in [-0.1, -0.05) is 0 Å². The number of hydrogen-bond acceptors (Lipinski definition) is 3. The van der Waals surface area contributed by atoms with Crippen molar-refractivity contribution in [2.45, 2.75) is 46.1 Å². The topological polar surface area (TPSA) is 58.6 Å². The monoisotopic (exact) mass is 277 g/mol. The maximum absolute atomic E-state index is 12.0. The van der Waals surface area contributed by atoms with Gasteiger partial charge in [0.1, 0.15) is 5.75 Å². The predicted octanol–water partition coefficient (Wildman–Crippen LogP) is 3.15. The Bertz CT molecular complexity index is 493. The third-order valence-electron chi connectivity index (χ3n) is 3.89. The average molecular weight is 277 g/mol. The first-order valence-electron chi connectivity index (χ1n) is 7.21. The lowest BCUT2D eigenvalue weighted by molar-refractivity contribution is -0.119. The quantitative estimate of drug-likeness (QED) is 0.813. The van der Waals surface area contributed by atoms with Crippen molar-refractivity contribution in [3.05, 3.63) is 23.3 Å². The van der Waals surface area contributed by atoms with E-state index in [2.05, 4.69) is 5.32 Å². The van der Waals surface area contributed by atoms with Gasteiger partial charge in [-0.05, 0) is 62.8 Å². The van der Waals surface area contributed by atoms with Gasteiger partial charge in [-0.2, -0.15) is 0 Å². The molecule has 1 saturated carbocycles. The van der Waals surface area contributed by atoms with E-state index < -0.39 is 0 Å². The van der Waals surface area contributed by atoms with Gasteiger partial charge < -0.3 is 15.2 Å². The molecule has 0 saturated heterocycles. The number of aromatic hydroxyl groups is 1. The molecule has 110 valence electrons. The summed E-state index contributed by atoms with van der Waals surface area (Å²) in [6, 6.07) is 3.49. The molecule has 1 aliphatic rings. The van der Waals surface area contributed by atoms with Crippen LogP contribution in [0.4, 0.5) is 5.69 Å². The van der Waals surface area contributed by atoms with Crippen molar-refractivity contribution >= 4 is 11.6 Å². The van der Waals surface area contributed by atoms with Gasteiger partial charge in [0.25, 0.3) is 0 Å². The molecular formula is C16H23NO3. The maximum atomic E-state index is 12.0. The van der Waals surface area contributed by atoms with Crippen LogP contribution in [0.15, 0.2) is 12.1 Å². The van der Waals surface area contributed by atoms with Crippen molar-refractivity contribution in [3.8, 4) is 5.75 Å². The Morgan fingerprint density at radius 1 is 1.35 bits per heavy atom. The normalized spacial score (nSPS) is 21.4. The number of hydrogen-bond donors (Lipinski definition) is 2. The first-order chi connectivity index (χ1) is 9.49. The van der Waals surface area contributed by atoms with Crippen molar-refractivity contribution in [1.82, 2.24) is 0 Å². The summed E-state index contributed by atoms with van der Waals surface area (Å²) < 4.78 is 5.50. The van der Waals surface area contributed by atoms with Crippen molar-refractivity contribution in [2.75, 3.05) is 11.9 Å². The number of nitrogens with one attached hydrogen (secondary N) is 1. The predicted molar refractivity (Wildman–Crippen MR) is 79.0 cm³/mol. The van der Waals surface area contributed by atoms with E-state index in [0.717, 1.165) is 36.3 Å². The Morgan fingerprint density at radius 2 is 2.05 bits per heavy atom. The van der Waals surface area contributed by atoms with E-state index >= 15 is 0 Å². The largest absolute Gasteiger partial charge is 0.508 e. The molecule has 0 aromatic heterocycles. The molecule has 0 bridgehead atoms. The number of amides is 1. The van der Waals surface area contributed by atoms with E-state index in [-0.39, 0.29) is 11.7 Å². The van der Waals surface area contributed by atoms with Crippen LogP contribution in [-0.4, -0.2) is 23.7 Å². The molecule has 1 amide bonds. The van der Waals surface area contributed by atoms with Crippen LogP contribution < -0.4 is 5.32 Å². The number of aryl methyl sites for hydroxylation is 2. The van der Waals surface area contributed by atoms with E-state index in [9.17, 15) is 9.90 Å². The molecule has 0 spiro atoms. The zero-order valence-corrected chi connectivity index (χ0v) is 12.4. The molecule has 1 fully saturated rings. The summed E-state index contributed by atoms with van der Waals surface area (Å²) in [5.74, 6) is 0.738. The Hall–Kier alpha value is -1.55. The molecule has 1 aromatic rings. The van der Waals surface area contributed by atoms with Crippen LogP contribution in [0.2, 0.25) is 0 Å². The number of ether oxygens (including phenoxy) is 1. The molecule has 0 radical (unpaired) electrons. The highest BCUT2D eigenvalue weighted by atomic mass is 16.5. The van der Waals surface area contributed by atoms with Gasteiger partial charge >= 0.3 is 0 Å². The van der Waals surface area contributed by atoms with E-state index in [1.807, 2.05) is 26.8 Å². The summed E-state index contributed by atoms with van der Waals surface area (Å²) in [6.45, 7) is 6.44. The molecule has 0 atom stereocenters. The number of anilines is 1. The van der Waals surface area contributed by atoms with Crippen LogP contribution in [0.25, 0.3) is 0 Å². The zero-order chi connectivity index (χ0) is 14.7. The van der Waals surface area contributed by atoms with Gasteiger partial charge in [0.05, 0.1) is 6.10 Å². The summed E-state index contributed by atoms with van der Waals surface area (Å²) in [7, 11) is 0. The summed E-state index contributed by atoms with van der Waals surface area (Å²) in [5, 5.41) is 12.5. The van der Waals surface area contributed by atoms with Gasteiger partial charge in [0.2, 0.25) is 5.91 Å². The van der Waals surface area contributed by atoms with Crippen LogP contribution in [0, 0.1) is 19.8 Å². The number of rotatable bonds is 5.